The smallest absolute Gasteiger partial charge is 0.280 e. The molecule has 0 saturated heterocycles. The maximum absolute atomic E-state index is 12.7. The Kier molecular flexibility index (Phi) is 5.73. The zero-order valence-electron chi connectivity index (χ0n) is 15.3. The van der Waals surface area contributed by atoms with Crippen molar-refractivity contribution >= 4 is 11.5 Å². The van der Waals surface area contributed by atoms with Crippen LogP contribution in [0.25, 0.3) is 0 Å². The Morgan fingerprint density at radius 1 is 1.12 bits per heavy atom. The molecule has 0 heterocycles. The summed E-state index contributed by atoms with van der Waals surface area (Å²) in [7, 11) is 0. The minimum atomic E-state index is -0.515. The Morgan fingerprint density at radius 2 is 1.72 bits per heavy atom. The summed E-state index contributed by atoms with van der Waals surface area (Å²) < 4.78 is 0. The predicted molar refractivity (Wildman–Crippen MR) is 100 cm³/mol. The van der Waals surface area contributed by atoms with E-state index in [1.54, 1.807) is 24.3 Å². The summed E-state index contributed by atoms with van der Waals surface area (Å²) in [6.45, 7) is 8.86. The lowest BCUT2D eigenvalue weighted by molar-refractivity contribution is -0.385. The third-order valence-electron chi connectivity index (χ3n) is 5.59. The van der Waals surface area contributed by atoms with Crippen molar-refractivity contribution in [3.63, 3.8) is 0 Å². The minimum Gasteiger partial charge on any atom is -0.288 e. The van der Waals surface area contributed by atoms with E-state index >= 15 is 0 Å². The summed E-state index contributed by atoms with van der Waals surface area (Å²) in [5.41, 5.74) is 1.69. The second kappa shape index (κ2) is 7.60. The highest BCUT2D eigenvalue weighted by atomic mass is 16.6. The Bertz CT molecular complexity index is 767. The van der Waals surface area contributed by atoms with E-state index < -0.39 is 4.92 Å². The molecule has 0 aliphatic carbocycles. The number of hydrogen-bond donors (Lipinski definition) is 0. The van der Waals surface area contributed by atoms with Crippen LogP contribution in [-0.4, -0.2) is 10.7 Å². The van der Waals surface area contributed by atoms with Gasteiger partial charge in [-0.1, -0.05) is 70.5 Å². The molecule has 0 saturated carbocycles. The van der Waals surface area contributed by atoms with Crippen molar-refractivity contribution in [3.05, 3.63) is 75.3 Å². The van der Waals surface area contributed by atoms with E-state index in [1.165, 1.54) is 17.7 Å². The lowest BCUT2D eigenvalue weighted by Crippen LogP contribution is -2.29. The minimum absolute atomic E-state index is 0.0507. The van der Waals surface area contributed by atoms with E-state index in [2.05, 4.69) is 27.7 Å². The maximum atomic E-state index is 12.7. The topological polar surface area (TPSA) is 60.2 Å². The van der Waals surface area contributed by atoms with Crippen LogP contribution < -0.4 is 0 Å². The van der Waals surface area contributed by atoms with Gasteiger partial charge >= 0.3 is 0 Å². The van der Waals surface area contributed by atoms with Crippen molar-refractivity contribution in [1.82, 2.24) is 0 Å². The molecule has 0 radical (unpaired) electrons. The van der Waals surface area contributed by atoms with Crippen LogP contribution in [0, 0.1) is 16.0 Å². The highest BCUT2D eigenvalue weighted by Crippen LogP contribution is 2.37. The number of rotatable bonds is 7. The van der Waals surface area contributed by atoms with Crippen molar-refractivity contribution in [2.24, 2.45) is 5.92 Å². The molecule has 2 unspecified atom stereocenters. The van der Waals surface area contributed by atoms with Crippen molar-refractivity contribution in [1.29, 1.82) is 0 Å². The van der Waals surface area contributed by atoms with Gasteiger partial charge in [-0.2, -0.15) is 0 Å². The number of benzene rings is 2. The van der Waals surface area contributed by atoms with Gasteiger partial charge in [0.15, 0.2) is 5.78 Å². The molecule has 2 aromatic rings. The number of nitro benzene ring substituents is 1. The molecular formula is C21H25NO3. The van der Waals surface area contributed by atoms with E-state index in [0.29, 0.717) is 11.5 Å². The third-order valence-corrected chi connectivity index (χ3v) is 5.59. The van der Waals surface area contributed by atoms with Gasteiger partial charge in [0.25, 0.3) is 5.69 Å². The largest absolute Gasteiger partial charge is 0.288 e. The summed E-state index contributed by atoms with van der Waals surface area (Å²) in [6.07, 6.45) is 2.10. The molecule has 25 heavy (non-hydrogen) atoms. The number of ketones is 1. The second-order valence-corrected chi connectivity index (χ2v) is 6.76. The number of para-hydroxylation sites is 1. The molecule has 0 fully saturated rings. The lowest BCUT2D eigenvalue weighted by Gasteiger charge is -2.35. The molecule has 0 spiro atoms. The SMILES string of the molecule is CCC(C)C(C)(CC)c1ccc(C(=O)c2ccccc2[N+](=O)[O-])cc1. The number of nitro groups is 1. The monoisotopic (exact) mass is 339 g/mol. The van der Waals surface area contributed by atoms with Gasteiger partial charge in [-0.05, 0) is 29.4 Å². The first-order chi connectivity index (χ1) is 11.8. The van der Waals surface area contributed by atoms with Crippen LogP contribution in [0.3, 0.4) is 0 Å². The molecule has 0 aliphatic rings. The van der Waals surface area contributed by atoms with Crippen LogP contribution in [0.15, 0.2) is 48.5 Å². The zero-order valence-corrected chi connectivity index (χ0v) is 15.3. The molecule has 0 aromatic heterocycles. The fourth-order valence-electron chi connectivity index (χ4n) is 3.27. The highest BCUT2D eigenvalue weighted by Gasteiger charge is 2.30. The summed E-state index contributed by atoms with van der Waals surface area (Å²) in [5.74, 6) is 0.204. The van der Waals surface area contributed by atoms with Crippen molar-refractivity contribution in [2.75, 3.05) is 0 Å². The number of carbonyl (C=O) groups is 1. The molecule has 2 rings (SSSR count). The number of hydrogen-bond acceptors (Lipinski definition) is 3. The highest BCUT2D eigenvalue weighted by molar-refractivity contribution is 6.11. The lowest BCUT2D eigenvalue weighted by atomic mass is 9.69. The molecule has 0 N–H and O–H groups in total. The summed E-state index contributed by atoms with van der Waals surface area (Å²) in [6, 6.07) is 13.6. The van der Waals surface area contributed by atoms with Gasteiger partial charge in [0.1, 0.15) is 5.56 Å². The number of nitrogens with zero attached hydrogens (tertiary/aromatic N) is 1. The first-order valence-corrected chi connectivity index (χ1v) is 8.73. The van der Waals surface area contributed by atoms with Gasteiger partial charge in [-0.15, -0.1) is 0 Å². The number of carbonyl (C=O) groups excluding carboxylic acids is 1. The van der Waals surface area contributed by atoms with E-state index in [1.807, 2.05) is 12.1 Å². The van der Waals surface area contributed by atoms with Gasteiger partial charge in [0, 0.05) is 11.6 Å². The molecule has 132 valence electrons. The van der Waals surface area contributed by atoms with Crippen LogP contribution >= 0.6 is 0 Å². The first kappa shape index (κ1) is 18.8. The van der Waals surface area contributed by atoms with Gasteiger partial charge in [0.05, 0.1) is 4.92 Å². The average Bonchev–Trinajstić information content (AvgIpc) is 2.66. The van der Waals surface area contributed by atoms with Gasteiger partial charge < -0.3 is 0 Å². The van der Waals surface area contributed by atoms with Crippen LogP contribution in [0.4, 0.5) is 5.69 Å². The van der Waals surface area contributed by atoms with Crippen LogP contribution in [0.1, 0.15) is 62.0 Å². The Hall–Kier alpha value is -2.49. The fourth-order valence-corrected chi connectivity index (χ4v) is 3.27. The molecule has 0 bridgehead atoms. The summed E-state index contributed by atoms with van der Waals surface area (Å²) in [5, 5.41) is 11.1. The first-order valence-electron chi connectivity index (χ1n) is 8.73. The Morgan fingerprint density at radius 3 is 2.24 bits per heavy atom. The van der Waals surface area contributed by atoms with Crippen LogP contribution in [0.2, 0.25) is 0 Å². The van der Waals surface area contributed by atoms with Crippen LogP contribution in [0.5, 0.6) is 0 Å². The average molecular weight is 339 g/mol. The van der Waals surface area contributed by atoms with E-state index in [9.17, 15) is 14.9 Å². The zero-order chi connectivity index (χ0) is 18.6. The normalized spacial score (nSPS) is 14.6. The van der Waals surface area contributed by atoms with E-state index in [4.69, 9.17) is 0 Å². The van der Waals surface area contributed by atoms with E-state index in [0.717, 1.165) is 12.8 Å². The Labute approximate surface area is 149 Å². The quantitative estimate of drug-likeness (QED) is 0.378. The molecule has 2 atom stereocenters. The van der Waals surface area contributed by atoms with Gasteiger partial charge in [-0.25, -0.2) is 0 Å². The standard InChI is InChI=1S/C21H25NO3/c1-5-15(3)21(4,6-2)17-13-11-16(12-14-17)20(23)18-9-7-8-10-19(18)22(24)25/h7-15H,5-6H2,1-4H3. The van der Waals surface area contributed by atoms with Crippen molar-refractivity contribution < 1.29 is 9.72 Å². The van der Waals surface area contributed by atoms with Crippen molar-refractivity contribution in [3.8, 4) is 0 Å². The van der Waals surface area contributed by atoms with E-state index in [-0.39, 0.29) is 22.4 Å². The molecule has 4 nitrogen and oxygen atoms in total. The fraction of sp³-hybridized carbons (Fsp3) is 0.381. The summed E-state index contributed by atoms with van der Waals surface area (Å²) in [4.78, 5) is 23.3. The van der Waals surface area contributed by atoms with Crippen molar-refractivity contribution in [2.45, 2.75) is 46.0 Å². The predicted octanol–water partition coefficient (Wildman–Crippen LogP) is 5.54. The molecule has 4 heteroatoms. The van der Waals surface area contributed by atoms with Crippen LogP contribution in [-0.2, 0) is 5.41 Å². The molecule has 2 aromatic carbocycles. The Balaban J connectivity index is 2.38. The third kappa shape index (κ3) is 3.63. The van der Waals surface area contributed by atoms with Gasteiger partial charge in [-0.3, -0.25) is 14.9 Å². The van der Waals surface area contributed by atoms with Gasteiger partial charge in [0.2, 0.25) is 0 Å². The molecule has 0 aliphatic heterocycles. The maximum Gasteiger partial charge on any atom is 0.280 e. The molecular weight excluding hydrogens is 314 g/mol. The second-order valence-electron chi connectivity index (χ2n) is 6.76. The summed E-state index contributed by atoms with van der Waals surface area (Å²) >= 11 is 0. The molecule has 0 amide bonds.